The second-order valence-electron chi connectivity index (χ2n) is 5.68. The van der Waals surface area contributed by atoms with Crippen LogP contribution in [0.3, 0.4) is 0 Å². The lowest BCUT2D eigenvalue weighted by Gasteiger charge is -2.29. The van der Waals surface area contributed by atoms with Crippen LogP contribution in [0, 0.1) is 0 Å². The molecule has 0 spiro atoms. The van der Waals surface area contributed by atoms with Crippen molar-refractivity contribution in [1.82, 2.24) is 20.1 Å². The first-order valence-electron chi connectivity index (χ1n) is 7.27. The van der Waals surface area contributed by atoms with Crippen LogP contribution < -0.4 is 10.2 Å². The average molecular weight is 306 g/mol. The van der Waals surface area contributed by atoms with E-state index in [4.69, 9.17) is 11.6 Å². The molecule has 1 aromatic carbocycles. The van der Waals surface area contributed by atoms with Crippen molar-refractivity contribution in [2.75, 3.05) is 11.4 Å². The van der Waals surface area contributed by atoms with Crippen LogP contribution in [0.5, 0.6) is 0 Å². The standard InChI is InChI=1S/C15H20ClN5/c1-11(2)17-8-12-3-4-14(13(16)7-12)20-5-6-21-10-18-19-15(21)9-20/h3-4,7,10-11,17H,5-6,8-9H2,1-2H3. The van der Waals surface area contributed by atoms with Gasteiger partial charge in [0.05, 0.1) is 17.3 Å². The van der Waals surface area contributed by atoms with Gasteiger partial charge in [-0.25, -0.2) is 0 Å². The first kappa shape index (κ1) is 14.4. The van der Waals surface area contributed by atoms with E-state index in [2.05, 4.69) is 51.0 Å². The number of nitrogens with zero attached hydrogens (tertiary/aromatic N) is 4. The molecule has 0 amide bonds. The molecular formula is C15H20ClN5. The van der Waals surface area contributed by atoms with Gasteiger partial charge in [0.1, 0.15) is 6.33 Å². The van der Waals surface area contributed by atoms with E-state index < -0.39 is 0 Å². The molecule has 0 bridgehead atoms. The van der Waals surface area contributed by atoms with Gasteiger partial charge < -0.3 is 14.8 Å². The summed E-state index contributed by atoms with van der Waals surface area (Å²) in [4.78, 5) is 2.26. The van der Waals surface area contributed by atoms with E-state index in [1.54, 1.807) is 6.33 Å². The summed E-state index contributed by atoms with van der Waals surface area (Å²) in [5.41, 5.74) is 2.27. The van der Waals surface area contributed by atoms with Crippen molar-refractivity contribution in [2.24, 2.45) is 0 Å². The highest BCUT2D eigenvalue weighted by Gasteiger charge is 2.19. The number of aromatic nitrogens is 3. The zero-order valence-electron chi connectivity index (χ0n) is 12.4. The van der Waals surface area contributed by atoms with Crippen molar-refractivity contribution in [3.8, 4) is 0 Å². The van der Waals surface area contributed by atoms with Crippen molar-refractivity contribution in [3.63, 3.8) is 0 Å². The van der Waals surface area contributed by atoms with Crippen LogP contribution in [0.1, 0.15) is 25.2 Å². The van der Waals surface area contributed by atoms with Gasteiger partial charge in [0, 0.05) is 25.7 Å². The van der Waals surface area contributed by atoms with Crippen LogP contribution in [-0.2, 0) is 19.6 Å². The van der Waals surface area contributed by atoms with Gasteiger partial charge in [0.15, 0.2) is 5.82 Å². The van der Waals surface area contributed by atoms with Crippen molar-refractivity contribution in [3.05, 3.63) is 40.9 Å². The summed E-state index contributed by atoms with van der Waals surface area (Å²) >= 11 is 6.47. The molecule has 1 N–H and O–H groups in total. The van der Waals surface area contributed by atoms with Gasteiger partial charge in [-0.05, 0) is 17.7 Å². The average Bonchev–Trinajstić information content (AvgIpc) is 2.92. The Morgan fingerprint density at radius 2 is 2.19 bits per heavy atom. The Kier molecular flexibility index (Phi) is 4.12. The first-order chi connectivity index (χ1) is 10.1. The van der Waals surface area contributed by atoms with E-state index in [0.29, 0.717) is 6.04 Å². The number of hydrogen-bond donors (Lipinski definition) is 1. The Morgan fingerprint density at radius 1 is 1.33 bits per heavy atom. The van der Waals surface area contributed by atoms with Crippen LogP contribution in [-0.4, -0.2) is 27.4 Å². The molecule has 3 rings (SSSR count). The lowest BCUT2D eigenvalue weighted by Crippen LogP contribution is -2.33. The third-order valence-corrected chi connectivity index (χ3v) is 4.01. The summed E-state index contributed by atoms with van der Waals surface area (Å²) in [6.07, 6.45) is 1.79. The van der Waals surface area contributed by atoms with Crippen LogP contribution in [0.2, 0.25) is 5.02 Å². The van der Waals surface area contributed by atoms with Gasteiger partial charge in [-0.2, -0.15) is 0 Å². The Hall–Kier alpha value is -1.59. The van der Waals surface area contributed by atoms with Gasteiger partial charge >= 0.3 is 0 Å². The zero-order chi connectivity index (χ0) is 14.8. The second kappa shape index (κ2) is 6.03. The number of nitrogens with one attached hydrogen (secondary N) is 1. The highest BCUT2D eigenvalue weighted by molar-refractivity contribution is 6.33. The summed E-state index contributed by atoms with van der Waals surface area (Å²) in [6.45, 7) is 7.69. The maximum Gasteiger partial charge on any atom is 0.152 e. The topological polar surface area (TPSA) is 46.0 Å². The molecule has 0 atom stereocenters. The lowest BCUT2D eigenvalue weighted by molar-refractivity contribution is 0.560. The maximum atomic E-state index is 6.47. The van der Waals surface area contributed by atoms with E-state index in [1.807, 2.05) is 6.07 Å². The molecule has 2 aromatic rings. The van der Waals surface area contributed by atoms with E-state index in [0.717, 1.165) is 42.7 Å². The lowest BCUT2D eigenvalue weighted by atomic mass is 10.1. The quantitative estimate of drug-likeness (QED) is 0.942. The third kappa shape index (κ3) is 3.19. The molecule has 0 aliphatic carbocycles. The Bertz CT molecular complexity index is 622. The highest BCUT2D eigenvalue weighted by Crippen LogP contribution is 2.29. The first-order valence-corrected chi connectivity index (χ1v) is 7.64. The summed E-state index contributed by atoms with van der Waals surface area (Å²) in [5.74, 6) is 0.989. The van der Waals surface area contributed by atoms with Crippen molar-refractivity contribution in [2.45, 2.75) is 39.5 Å². The van der Waals surface area contributed by atoms with Crippen LogP contribution in [0.25, 0.3) is 0 Å². The second-order valence-corrected chi connectivity index (χ2v) is 6.09. The van der Waals surface area contributed by atoms with E-state index in [-0.39, 0.29) is 0 Å². The number of hydrogen-bond acceptors (Lipinski definition) is 4. The van der Waals surface area contributed by atoms with E-state index in [9.17, 15) is 0 Å². The van der Waals surface area contributed by atoms with Crippen LogP contribution in [0.4, 0.5) is 5.69 Å². The van der Waals surface area contributed by atoms with Crippen LogP contribution >= 0.6 is 11.6 Å². The Morgan fingerprint density at radius 3 is 2.95 bits per heavy atom. The molecular weight excluding hydrogens is 286 g/mol. The molecule has 5 nitrogen and oxygen atoms in total. The minimum Gasteiger partial charge on any atom is -0.361 e. The molecule has 112 valence electrons. The van der Waals surface area contributed by atoms with Crippen molar-refractivity contribution in [1.29, 1.82) is 0 Å². The molecule has 0 unspecified atom stereocenters. The maximum absolute atomic E-state index is 6.47. The molecule has 0 fully saturated rings. The fraction of sp³-hybridized carbons (Fsp3) is 0.467. The zero-order valence-corrected chi connectivity index (χ0v) is 13.1. The molecule has 1 aromatic heterocycles. The Balaban J connectivity index is 1.74. The third-order valence-electron chi connectivity index (χ3n) is 3.71. The summed E-state index contributed by atoms with van der Waals surface area (Å²) in [5, 5.41) is 12.3. The fourth-order valence-electron chi connectivity index (χ4n) is 2.51. The molecule has 1 aliphatic heterocycles. The normalized spacial score (nSPS) is 14.6. The van der Waals surface area contributed by atoms with Gasteiger partial charge in [-0.15, -0.1) is 10.2 Å². The molecule has 2 heterocycles. The molecule has 21 heavy (non-hydrogen) atoms. The fourth-order valence-corrected chi connectivity index (χ4v) is 2.83. The summed E-state index contributed by atoms with van der Waals surface area (Å²) in [7, 11) is 0. The minimum atomic E-state index is 0.469. The van der Waals surface area contributed by atoms with Crippen molar-refractivity contribution < 1.29 is 0 Å². The minimum absolute atomic E-state index is 0.469. The SMILES string of the molecule is CC(C)NCc1ccc(N2CCn3cnnc3C2)c(Cl)c1. The Labute approximate surface area is 129 Å². The number of benzene rings is 1. The monoisotopic (exact) mass is 305 g/mol. The summed E-state index contributed by atoms with van der Waals surface area (Å²) < 4.78 is 2.09. The van der Waals surface area contributed by atoms with Gasteiger partial charge in [0.25, 0.3) is 0 Å². The number of rotatable bonds is 4. The molecule has 0 saturated carbocycles. The number of anilines is 1. The number of fused-ring (bicyclic) bond motifs is 1. The van der Waals surface area contributed by atoms with Crippen LogP contribution in [0.15, 0.2) is 24.5 Å². The highest BCUT2D eigenvalue weighted by atomic mass is 35.5. The van der Waals surface area contributed by atoms with Gasteiger partial charge in [-0.1, -0.05) is 31.5 Å². The van der Waals surface area contributed by atoms with Gasteiger partial charge in [0.2, 0.25) is 0 Å². The van der Waals surface area contributed by atoms with Gasteiger partial charge in [-0.3, -0.25) is 0 Å². The van der Waals surface area contributed by atoms with E-state index in [1.165, 1.54) is 5.56 Å². The molecule has 0 saturated heterocycles. The largest absolute Gasteiger partial charge is 0.361 e. The predicted molar refractivity (Wildman–Crippen MR) is 84.5 cm³/mol. The number of halogens is 1. The molecule has 0 radical (unpaired) electrons. The van der Waals surface area contributed by atoms with E-state index >= 15 is 0 Å². The molecule has 6 heteroatoms. The van der Waals surface area contributed by atoms with Crippen molar-refractivity contribution >= 4 is 17.3 Å². The summed E-state index contributed by atoms with van der Waals surface area (Å²) in [6, 6.07) is 6.75. The predicted octanol–water partition coefficient (Wildman–Crippen LogP) is 2.45. The smallest absolute Gasteiger partial charge is 0.152 e. The molecule has 1 aliphatic rings.